The van der Waals surface area contributed by atoms with Crippen molar-refractivity contribution in [3.05, 3.63) is 58.5 Å². The highest BCUT2D eigenvalue weighted by Crippen LogP contribution is 2.26. The second-order valence-corrected chi connectivity index (χ2v) is 8.59. The zero-order valence-corrected chi connectivity index (χ0v) is 19.5. The lowest BCUT2D eigenvalue weighted by atomic mass is 10.2. The SMILES string of the molecule is O=[N+]([O-])c1cn2c(n1)OC[C@@H](NCc1cnc(N3CCN(c4ccc(OC(F)(F)F)cc4)CC3)nc1)C2. The molecule has 0 saturated carbocycles. The number of alkyl halides is 3. The summed E-state index contributed by atoms with van der Waals surface area (Å²) in [7, 11) is 0. The number of hydrogen-bond acceptors (Lipinski definition) is 10. The van der Waals surface area contributed by atoms with Crippen molar-refractivity contribution >= 4 is 17.5 Å². The second-order valence-electron chi connectivity index (χ2n) is 8.59. The van der Waals surface area contributed by atoms with Crippen LogP contribution in [-0.4, -0.2) is 69.6 Å². The molecule has 196 valence electrons. The summed E-state index contributed by atoms with van der Waals surface area (Å²) in [6.07, 6.45) is 0.146. The molecule has 12 nitrogen and oxygen atoms in total. The molecule has 4 heterocycles. The Bertz CT molecular complexity index is 1230. The van der Waals surface area contributed by atoms with Crippen LogP contribution in [-0.2, 0) is 13.1 Å². The lowest BCUT2D eigenvalue weighted by molar-refractivity contribution is -0.389. The minimum atomic E-state index is -4.71. The Balaban J connectivity index is 1.09. The highest BCUT2D eigenvalue weighted by Gasteiger charge is 2.31. The first kappa shape index (κ1) is 24.5. The quantitative estimate of drug-likeness (QED) is 0.367. The van der Waals surface area contributed by atoms with Crippen LogP contribution >= 0.6 is 0 Å². The monoisotopic (exact) mass is 520 g/mol. The van der Waals surface area contributed by atoms with Gasteiger partial charge in [-0.2, -0.15) is 0 Å². The van der Waals surface area contributed by atoms with Gasteiger partial charge in [0.05, 0.1) is 6.04 Å². The molecule has 1 N–H and O–H groups in total. The molecule has 1 aromatic carbocycles. The number of imidazole rings is 1. The normalized spacial score (nSPS) is 17.8. The smallest absolute Gasteiger partial charge is 0.444 e. The van der Waals surface area contributed by atoms with Crippen molar-refractivity contribution in [2.45, 2.75) is 25.5 Å². The van der Waals surface area contributed by atoms with Gasteiger partial charge in [-0.1, -0.05) is 0 Å². The van der Waals surface area contributed by atoms with Gasteiger partial charge in [-0.3, -0.25) is 4.57 Å². The number of nitrogens with zero attached hydrogens (tertiary/aromatic N) is 7. The predicted octanol–water partition coefficient (Wildman–Crippen LogP) is 2.36. The summed E-state index contributed by atoms with van der Waals surface area (Å²) in [5, 5.41) is 14.2. The molecule has 1 atom stereocenters. The number of nitrogens with one attached hydrogen (secondary N) is 1. The van der Waals surface area contributed by atoms with Crippen molar-refractivity contribution in [3.8, 4) is 11.8 Å². The maximum atomic E-state index is 12.3. The summed E-state index contributed by atoms with van der Waals surface area (Å²) in [6.45, 7) is 4.01. The molecule has 2 aromatic heterocycles. The maximum Gasteiger partial charge on any atom is 0.573 e. The molecule has 15 heteroatoms. The molecule has 0 unspecified atom stereocenters. The van der Waals surface area contributed by atoms with Crippen molar-refractivity contribution in [1.82, 2.24) is 24.8 Å². The third kappa shape index (κ3) is 5.99. The van der Waals surface area contributed by atoms with E-state index in [4.69, 9.17) is 4.74 Å². The number of hydrogen-bond donors (Lipinski definition) is 1. The number of benzene rings is 1. The minimum absolute atomic E-state index is 0.0526. The van der Waals surface area contributed by atoms with Gasteiger partial charge in [0.2, 0.25) is 5.95 Å². The standard InChI is InChI=1S/C22H23F3N8O4/c23-22(24,25)37-18-3-1-17(2-4-18)30-5-7-31(8-6-30)20-27-10-15(11-28-20)9-26-16-12-32-13-19(33(34)35)29-21(32)36-14-16/h1-4,10-11,13,16,26H,5-9,12,14H2/t16-/m0/s1. The van der Waals surface area contributed by atoms with Crippen LogP contribution in [0.4, 0.5) is 30.6 Å². The highest BCUT2D eigenvalue weighted by molar-refractivity contribution is 5.50. The van der Waals surface area contributed by atoms with E-state index in [-0.39, 0.29) is 23.6 Å². The molecule has 37 heavy (non-hydrogen) atoms. The van der Waals surface area contributed by atoms with Crippen LogP contribution < -0.4 is 24.6 Å². The van der Waals surface area contributed by atoms with Gasteiger partial charge in [-0.25, -0.2) is 9.97 Å². The van der Waals surface area contributed by atoms with E-state index in [2.05, 4.69) is 34.8 Å². The fourth-order valence-corrected chi connectivity index (χ4v) is 4.20. The Morgan fingerprint density at radius 3 is 2.43 bits per heavy atom. The molecule has 3 aromatic rings. The Morgan fingerprint density at radius 1 is 1.11 bits per heavy atom. The highest BCUT2D eigenvalue weighted by atomic mass is 19.4. The van der Waals surface area contributed by atoms with E-state index in [9.17, 15) is 23.3 Å². The summed E-state index contributed by atoms with van der Waals surface area (Å²) in [6, 6.07) is 6.03. The lowest BCUT2D eigenvalue weighted by Gasteiger charge is -2.36. The van der Waals surface area contributed by atoms with Crippen LogP contribution in [0.5, 0.6) is 11.8 Å². The Morgan fingerprint density at radius 2 is 1.78 bits per heavy atom. The summed E-state index contributed by atoms with van der Waals surface area (Å²) in [5.74, 6) is 0.118. The van der Waals surface area contributed by atoms with E-state index in [1.54, 1.807) is 29.1 Å². The van der Waals surface area contributed by atoms with Gasteiger partial charge in [0, 0.05) is 67.9 Å². The topological polar surface area (TPSA) is 124 Å². The molecule has 2 aliphatic heterocycles. The van der Waals surface area contributed by atoms with Crippen LogP contribution in [0.15, 0.2) is 42.9 Å². The summed E-state index contributed by atoms with van der Waals surface area (Å²) >= 11 is 0. The van der Waals surface area contributed by atoms with Gasteiger partial charge in [-0.05, 0) is 29.2 Å². The van der Waals surface area contributed by atoms with Gasteiger partial charge < -0.3 is 34.7 Å². The predicted molar refractivity (Wildman–Crippen MR) is 125 cm³/mol. The summed E-state index contributed by atoms with van der Waals surface area (Å²) in [4.78, 5) is 27.3. The van der Waals surface area contributed by atoms with E-state index in [0.29, 0.717) is 51.8 Å². The number of rotatable bonds is 7. The molecule has 0 radical (unpaired) electrons. The Kier molecular flexibility index (Phi) is 6.69. The third-order valence-corrected chi connectivity index (χ3v) is 6.03. The fraction of sp³-hybridized carbons (Fsp3) is 0.409. The number of aromatic nitrogens is 4. The number of fused-ring (bicyclic) bond motifs is 1. The van der Waals surface area contributed by atoms with Crippen molar-refractivity contribution in [2.24, 2.45) is 0 Å². The van der Waals surface area contributed by atoms with Crippen molar-refractivity contribution < 1.29 is 27.6 Å². The fourth-order valence-electron chi connectivity index (χ4n) is 4.20. The Labute approximate surface area is 208 Å². The molecule has 0 spiro atoms. The molecule has 0 aliphatic carbocycles. The second kappa shape index (κ2) is 10.1. The van der Waals surface area contributed by atoms with Crippen LogP contribution in [0.1, 0.15) is 5.56 Å². The van der Waals surface area contributed by atoms with E-state index in [1.807, 2.05) is 0 Å². The molecular weight excluding hydrogens is 497 g/mol. The largest absolute Gasteiger partial charge is 0.573 e. The number of halogens is 3. The molecule has 0 amide bonds. The van der Waals surface area contributed by atoms with Gasteiger partial charge >= 0.3 is 18.2 Å². The van der Waals surface area contributed by atoms with Gasteiger partial charge in [0.25, 0.3) is 0 Å². The zero-order valence-electron chi connectivity index (χ0n) is 19.5. The maximum absolute atomic E-state index is 12.3. The molecule has 0 bridgehead atoms. The zero-order chi connectivity index (χ0) is 26.0. The van der Waals surface area contributed by atoms with Gasteiger partial charge in [0.15, 0.2) is 0 Å². The number of nitro groups is 1. The van der Waals surface area contributed by atoms with Crippen molar-refractivity contribution in [3.63, 3.8) is 0 Å². The van der Waals surface area contributed by atoms with Crippen LogP contribution in [0.25, 0.3) is 0 Å². The van der Waals surface area contributed by atoms with Crippen LogP contribution in [0.2, 0.25) is 0 Å². The molecule has 5 rings (SSSR count). The van der Waals surface area contributed by atoms with Crippen LogP contribution in [0.3, 0.4) is 0 Å². The van der Waals surface area contributed by atoms with E-state index in [0.717, 1.165) is 11.3 Å². The third-order valence-electron chi connectivity index (χ3n) is 6.03. The van der Waals surface area contributed by atoms with E-state index in [1.165, 1.54) is 18.3 Å². The Hall–Kier alpha value is -4.14. The number of ether oxygens (including phenoxy) is 2. The van der Waals surface area contributed by atoms with E-state index < -0.39 is 11.3 Å². The lowest BCUT2D eigenvalue weighted by Crippen LogP contribution is -2.47. The first-order valence-electron chi connectivity index (χ1n) is 11.5. The summed E-state index contributed by atoms with van der Waals surface area (Å²) in [5.41, 5.74) is 1.70. The average Bonchev–Trinajstić information content (AvgIpc) is 3.32. The first-order valence-corrected chi connectivity index (χ1v) is 11.5. The summed E-state index contributed by atoms with van der Waals surface area (Å²) < 4.78 is 48.1. The number of piperazine rings is 1. The van der Waals surface area contributed by atoms with Crippen LogP contribution in [0, 0.1) is 10.1 Å². The van der Waals surface area contributed by atoms with Crippen molar-refractivity contribution in [1.29, 1.82) is 0 Å². The van der Waals surface area contributed by atoms with Crippen molar-refractivity contribution in [2.75, 3.05) is 42.6 Å². The molecule has 1 fully saturated rings. The minimum Gasteiger partial charge on any atom is -0.444 e. The molecule has 2 aliphatic rings. The number of anilines is 2. The van der Waals surface area contributed by atoms with Gasteiger partial charge in [-0.15, -0.1) is 13.2 Å². The molecular formula is C22H23F3N8O4. The average molecular weight is 520 g/mol. The van der Waals surface area contributed by atoms with Gasteiger partial charge in [0.1, 0.15) is 18.6 Å². The molecule has 1 saturated heterocycles. The van der Waals surface area contributed by atoms with E-state index >= 15 is 0 Å². The first-order chi connectivity index (χ1) is 17.7.